The highest BCUT2D eigenvalue weighted by Gasteiger charge is 2.39. The zero-order chi connectivity index (χ0) is 16.6. The number of fused-ring (bicyclic) bond motifs is 1. The molecule has 0 spiro atoms. The molecule has 23 heavy (non-hydrogen) atoms. The molecule has 1 N–H and O–H groups in total. The molecule has 2 aromatic rings. The van der Waals surface area contributed by atoms with Crippen LogP contribution in [0.1, 0.15) is 44.1 Å². The fourth-order valence-corrected chi connectivity index (χ4v) is 3.40. The summed E-state index contributed by atoms with van der Waals surface area (Å²) in [7, 11) is 0. The van der Waals surface area contributed by atoms with Crippen molar-refractivity contribution in [2.45, 2.75) is 39.2 Å². The highest BCUT2D eigenvalue weighted by atomic mass is 16.3. The van der Waals surface area contributed by atoms with Gasteiger partial charge in [0.25, 0.3) is 5.91 Å². The summed E-state index contributed by atoms with van der Waals surface area (Å²) in [5.41, 5.74) is 0.555. The second kappa shape index (κ2) is 5.96. The molecule has 2 aromatic heterocycles. The number of hydrogen-bond donors (Lipinski definition) is 1. The van der Waals surface area contributed by atoms with Crippen molar-refractivity contribution in [2.75, 3.05) is 13.1 Å². The van der Waals surface area contributed by atoms with Gasteiger partial charge in [-0.25, -0.2) is 4.98 Å². The summed E-state index contributed by atoms with van der Waals surface area (Å²) in [4.78, 5) is 19.0. The Hall–Kier alpha value is -1.88. The van der Waals surface area contributed by atoms with Gasteiger partial charge < -0.3 is 14.4 Å². The van der Waals surface area contributed by atoms with E-state index >= 15 is 0 Å². The van der Waals surface area contributed by atoms with E-state index in [4.69, 9.17) is 0 Å². The SMILES string of the molecule is CC(C)C[C@H]1CN(C(=O)c2cn3ccccc3n2)CC[C@@]1(C)O. The van der Waals surface area contributed by atoms with Gasteiger partial charge >= 0.3 is 0 Å². The summed E-state index contributed by atoms with van der Waals surface area (Å²) < 4.78 is 1.86. The van der Waals surface area contributed by atoms with Crippen molar-refractivity contribution in [1.29, 1.82) is 0 Å². The van der Waals surface area contributed by atoms with E-state index in [2.05, 4.69) is 18.8 Å². The van der Waals surface area contributed by atoms with Crippen molar-refractivity contribution in [3.63, 3.8) is 0 Å². The third-order valence-electron chi connectivity index (χ3n) is 4.83. The molecule has 0 unspecified atom stereocenters. The van der Waals surface area contributed by atoms with Crippen LogP contribution in [0.4, 0.5) is 0 Å². The van der Waals surface area contributed by atoms with Crippen molar-refractivity contribution < 1.29 is 9.90 Å². The molecule has 124 valence electrons. The lowest BCUT2D eigenvalue weighted by Gasteiger charge is -2.43. The molecular formula is C18H25N3O2. The van der Waals surface area contributed by atoms with Crippen molar-refractivity contribution in [1.82, 2.24) is 14.3 Å². The zero-order valence-corrected chi connectivity index (χ0v) is 14.1. The third-order valence-corrected chi connectivity index (χ3v) is 4.83. The Kier molecular flexibility index (Phi) is 4.15. The predicted octanol–water partition coefficient (Wildman–Crippen LogP) is 2.59. The number of aliphatic hydroxyl groups is 1. The van der Waals surface area contributed by atoms with Gasteiger partial charge in [-0.2, -0.15) is 0 Å². The van der Waals surface area contributed by atoms with E-state index in [0.717, 1.165) is 12.1 Å². The van der Waals surface area contributed by atoms with Gasteiger partial charge in [0, 0.05) is 31.4 Å². The van der Waals surface area contributed by atoms with E-state index in [1.165, 1.54) is 0 Å². The Morgan fingerprint density at radius 2 is 2.26 bits per heavy atom. The second-order valence-electron chi connectivity index (χ2n) is 7.28. The Bertz CT molecular complexity index is 672. The Balaban J connectivity index is 1.79. The lowest BCUT2D eigenvalue weighted by molar-refractivity contribution is -0.0578. The number of nitrogens with zero attached hydrogens (tertiary/aromatic N) is 3. The first-order valence-corrected chi connectivity index (χ1v) is 8.32. The minimum atomic E-state index is -0.694. The smallest absolute Gasteiger partial charge is 0.274 e. The topological polar surface area (TPSA) is 57.8 Å². The number of likely N-dealkylation sites (tertiary alicyclic amines) is 1. The van der Waals surface area contributed by atoms with Gasteiger partial charge in [0.05, 0.1) is 5.60 Å². The minimum Gasteiger partial charge on any atom is -0.390 e. The fourth-order valence-electron chi connectivity index (χ4n) is 3.40. The molecule has 1 saturated heterocycles. The maximum Gasteiger partial charge on any atom is 0.274 e. The number of rotatable bonds is 3. The molecule has 0 aliphatic carbocycles. The third kappa shape index (κ3) is 3.24. The van der Waals surface area contributed by atoms with Crippen LogP contribution < -0.4 is 0 Å². The molecule has 5 heteroatoms. The number of amides is 1. The summed E-state index contributed by atoms with van der Waals surface area (Å²) in [5, 5.41) is 10.6. The lowest BCUT2D eigenvalue weighted by atomic mass is 9.78. The number of carbonyl (C=O) groups excluding carboxylic acids is 1. The van der Waals surface area contributed by atoms with E-state index in [1.807, 2.05) is 40.6 Å². The van der Waals surface area contributed by atoms with Gasteiger partial charge in [-0.05, 0) is 37.8 Å². The lowest BCUT2D eigenvalue weighted by Crippen LogP contribution is -2.52. The maximum absolute atomic E-state index is 12.8. The summed E-state index contributed by atoms with van der Waals surface area (Å²) in [5.74, 6) is 0.562. The molecule has 0 aromatic carbocycles. The van der Waals surface area contributed by atoms with Crippen molar-refractivity contribution in [3.8, 4) is 0 Å². The van der Waals surface area contributed by atoms with Gasteiger partial charge in [0.15, 0.2) is 0 Å². The van der Waals surface area contributed by atoms with E-state index in [9.17, 15) is 9.90 Å². The number of pyridine rings is 1. The van der Waals surface area contributed by atoms with E-state index in [-0.39, 0.29) is 11.8 Å². The van der Waals surface area contributed by atoms with E-state index < -0.39 is 5.60 Å². The van der Waals surface area contributed by atoms with Crippen molar-refractivity contribution in [3.05, 3.63) is 36.3 Å². The molecule has 0 saturated carbocycles. The second-order valence-corrected chi connectivity index (χ2v) is 7.28. The molecule has 0 bridgehead atoms. The van der Waals surface area contributed by atoms with Crippen LogP contribution in [0.25, 0.3) is 5.65 Å². The number of piperidine rings is 1. The largest absolute Gasteiger partial charge is 0.390 e. The number of imidazole rings is 1. The van der Waals surface area contributed by atoms with Crippen LogP contribution in [-0.4, -0.2) is 44.0 Å². The van der Waals surface area contributed by atoms with Gasteiger partial charge in [-0.1, -0.05) is 19.9 Å². The van der Waals surface area contributed by atoms with Gasteiger partial charge in [-0.3, -0.25) is 4.79 Å². The van der Waals surface area contributed by atoms with Crippen LogP contribution in [0.15, 0.2) is 30.6 Å². The van der Waals surface area contributed by atoms with Crippen molar-refractivity contribution >= 4 is 11.6 Å². The van der Waals surface area contributed by atoms with E-state index in [0.29, 0.717) is 31.1 Å². The summed E-state index contributed by atoms with van der Waals surface area (Å²) in [6.07, 6.45) is 5.20. The summed E-state index contributed by atoms with van der Waals surface area (Å²) >= 11 is 0. The molecule has 3 heterocycles. The van der Waals surface area contributed by atoms with Crippen LogP contribution in [0.2, 0.25) is 0 Å². The molecule has 5 nitrogen and oxygen atoms in total. The summed E-state index contributed by atoms with van der Waals surface area (Å²) in [6, 6.07) is 5.71. The quantitative estimate of drug-likeness (QED) is 0.947. The highest BCUT2D eigenvalue weighted by molar-refractivity contribution is 5.93. The first-order chi connectivity index (χ1) is 10.9. The molecule has 1 aliphatic rings. The average molecular weight is 315 g/mol. The molecule has 1 amide bonds. The normalized spacial score (nSPS) is 25.3. The molecule has 1 aliphatic heterocycles. The average Bonchev–Trinajstić information content (AvgIpc) is 2.92. The van der Waals surface area contributed by atoms with Crippen molar-refractivity contribution in [2.24, 2.45) is 11.8 Å². The molecule has 3 rings (SSSR count). The Morgan fingerprint density at radius 1 is 1.48 bits per heavy atom. The van der Waals surface area contributed by atoms with Gasteiger partial charge in [0.2, 0.25) is 0 Å². The molecule has 1 fully saturated rings. The molecule has 2 atom stereocenters. The van der Waals surface area contributed by atoms with Crippen LogP contribution >= 0.6 is 0 Å². The number of carbonyl (C=O) groups is 1. The van der Waals surface area contributed by atoms with Crippen LogP contribution in [-0.2, 0) is 0 Å². The van der Waals surface area contributed by atoms with Gasteiger partial charge in [0.1, 0.15) is 11.3 Å². The minimum absolute atomic E-state index is 0.0436. The Labute approximate surface area is 136 Å². The van der Waals surface area contributed by atoms with Crippen LogP contribution in [0, 0.1) is 11.8 Å². The number of aromatic nitrogens is 2. The summed E-state index contributed by atoms with van der Waals surface area (Å²) in [6.45, 7) is 7.37. The monoisotopic (exact) mass is 315 g/mol. The first-order valence-electron chi connectivity index (χ1n) is 8.32. The molecular weight excluding hydrogens is 290 g/mol. The standard InChI is InChI=1S/C18H25N3O2/c1-13(2)10-14-11-21(9-7-18(14,3)23)17(22)15-12-20-8-5-4-6-16(20)19-15/h4-6,8,12-14,23H,7,9-11H2,1-3H3/t14-,18+/m0/s1. The first kappa shape index (κ1) is 16.0. The molecule has 0 radical (unpaired) electrons. The Morgan fingerprint density at radius 3 is 2.96 bits per heavy atom. The maximum atomic E-state index is 12.8. The highest BCUT2D eigenvalue weighted by Crippen LogP contribution is 2.32. The van der Waals surface area contributed by atoms with Crippen LogP contribution in [0.5, 0.6) is 0 Å². The predicted molar refractivity (Wildman–Crippen MR) is 89.3 cm³/mol. The van der Waals surface area contributed by atoms with Crippen LogP contribution in [0.3, 0.4) is 0 Å². The van der Waals surface area contributed by atoms with Gasteiger partial charge in [-0.15, -0.1) is 0 Å². The fraction of sp³-hybridized carbons (Fsp3) is 0.556. The zero-order valence-electron chi connectivity index (χ0n) is 14.1. The number of hydrogen-bond acceptors (Lipinski definition) is 3. The van der Waals surface area contributed by atoms with E-state index in [1.54, 1.807) is 6.20 Å².